The fourth-order valence-corrected chi connectivity index (χ4v) is 3.64. The molecular formula is C24H20ClN3O3S. The first-order valence-corrected chi connectivity index (χ1v) is 10.6. The number of aryl methyl sites for hydroxylation is 1. The standard InChI is InChI=1S/C24H20ClN3O3S/c1-15-4-8-17(9-5-15)28(18-10-6-16(25)7-11-18)21-13-12-19(31-21)14-20-22(29)26(2)24(32)27(3)23(20)30/h4-14H,1-3H3. The summed E-state index contributed by atoms with van der Waals surface area (Å²) in [4.78, 5) is 29.7. The second-order valence-electron chi connectivity index (χ2n) is 7.39. The number of thiocarbonyl (C=S) groups is 1. The van der Waals surface area contributed by atoms with Crippen LogP contribution < -0.4 is 4.90 Å². The summed E-state index contributed by atoms with van der Waals surface area (Å²) in [5, 5.41) is 0.786. The number of benzene rings is 2. The quantitative estimate of drug-likeness (QED) is 0.297. The van der Waals surface area contributed by atoms with Gasteiger partial charge in [0.15, 0.2) is 5.11 Å². The molecule has 0 aliphatic carbocycles. The lowest BCUT2D eigenvalue weighted by Crippen LogP contribution is -2.52. The molecule has 8 heteroatoms. The molecule has 3 aromatic rings. The first-order chi connectivity index (χ1) is 15.3. The minimum Gasteiger partial charge on any atom is -0.440 e. The Kier molecular flexibility index (Phi) is 5.86. The van der Waals surface area contributed by atoms with E-state index in [0.717, 1.165) is 16.9 Å². The summed E-state index contributed by atoms with van der Waals surface area (Å²) in [6, 6.07) is 18.9. The molecular weight excluding hydrogens is 446 g/mol. The van der Waals surface area contributed by atoms with Crippen molar-refractivity contribution >= 4 is 64.1 Å². The molecule has 0 radical (unpaired) electrons. The van der Waals surface area contributed by atoms with Crippen molar-refractivity contribution in [1.82, 2.24) is 9.80 Å². The summed E-state index contributed by atoms with van der Waals surface area (Å²) < 4.78 is 6.05. The lowest BCUT2D eigenvalue weighted by atomic mass is 10.1. The molecule has 1 aliphatic heterocycles. The molecule has 2 aromatic carbocycles. The van der Waals surface area contributed by atoms with Gasteiger partial charge in [0, 0.05) is 36.6 Å². The summed E-state index contributed by atoms with van der Waals surface area (Å²) >= 11 is 11.2. The van der Waals surface area contributed by atoms with E-state index in [-0.39, 0.29) is 10.7 Å². The molecule has 1 aliphatic rings. The number of hydrogen-bond acceptors (Lipinski definition) is 5. The Morgan fingerprint density at radius 2 is 1.41 bits per heavy atom. The van der Waals surface area contributed by atoms with Gasteiger partial charge in [-0.05, 0) is 67.7 Å². The molecule has 32 heavy (non-hydrogen) atoms. The lowest BCUT2D eigenvalue weighted by Gasteiger charge is -2.31. The van der Waals surface area contributed by atoms with Crippen molar-refractivity contribution in [3.63, 3.8) is 0 Å². The second kappa shape index (κ2) is 8.61. The number of halogens is 1. The Morgan fingerprint density at radius 3 is 1.97 bits per heavy atom. The normalized spacial score (nSPS) is 14.2. The van der Waals surface area contributed by atoms with Crippen LogP contribution in [-0.2, 0) is 9.59 Å². The highest BCUT2D eigenvalue weighted by atomic mass is 35.5. The van der Waals surface area contributed by atoms with Crippen molar-refractivity contribution in [2.75, 3.05) is 19.0 Å². The number of amides is 2. The molecule has 0 atom stereocenters. The average molecular weight is 466 g/mol. The topological polar surface area (TPSA) is 57.0 Å². The van der Waals surface area contributed by atoms with Crippen LogP contribution in [0.5, 0.6) is 0 Å². The number of carbonyl (C=O) groups excluding carboxylic acids is 2. The molecule has 0 saturated carbocycles. The van der Waals surface area contributed by atoms with Gasteiger partial charge in [-0.25, -0.2) is 0 Å². The highest BCUT2D eigenvalue weighted by Gasteiger charge is 2.35. The maximum atomic E-state index is 12.6. The van der Waals surface area contributed by atoms with Crippen LogP contribution in [0.1, 0.15) is 11.3 Å². The largest absolute Gasteiger partial charge is 0.440 e. The van der Waals surface area contributed by atoms with Gasteiger partial charge in [0.05, 0.1) is 0 Å². The zero-order valence-corrected chi connectivity index (χ0v) is 19.3. The third-order valence-electron chi connectivity index (χ3n) is 5.14. The van der Waals surface area contributed by atoms with Crippen LogP contribution in [0.3, 0.4) is 0 Å². The highest BCUT2D eigenvalue weighted by molar-refractivity contribution is 7.80. The summed E-state index contributed by atoms with van der Waals surface area (Å²) in [6.45, 7) is 2.02. The van der Waals surface area contributed by atoms with Crippen LogP contribution in [-0.4, -0.2) is 40.8 Å². The van der Waals surface area contributed by atoms with Gasteiger partial charge >= 0.3 is 0 Å². The number of furan rings is 1. The summed E-state index contributed by atoms with van der Waals surface area (Å²) in [7, 11) is 3.07. The van der Waals surface area contributed by atoms with E-state index in [1.54, 1.807) is 24.3 Å². The summed E-state index contributed by atoms with van der Waals surface area (Å²) in [5.41, 5.74) is 2.86. The van der Waals surface area contributed by atoms with Gasteiger partial charge < -0.3 is 4.42 Å². The maximum Gasteiger partial charge on any atom is 0.265 e. The summed E-state index contributed by atoms with van der Waals surface area (Å²) in [6.07, 6.45) is 1.44. The maximum absolute atomic E-state index is 12.6. The molecule has 0 N–H and O–H groups in total. The van der Waals surface area contributed by atoms with E-state index in [0.29, 0.717) is 16.7 Å². The number of anilines is 3. The van der Waals surface area contributed by atoms with Crippen molar-refractivity contribution in [2.24, 2.45) is 0 Å². The smallest absolute Gasteiger partial charge is 0.265 e. The van der Waals surface area contributed by atoms with Gasteiger partial charge in [-0.3, -0.25) is 24.3 Å². The third kappa shape index (κ3) is 4.04. The fraction of sp³-hybridized carbons (Fsp3) is 0.125. The Balaban J connectivity index is 1.75. The van der Waals surface area contributed by atoms with Gasteiger partial charge in [0.1, 0.15) is 11.3 Å². The fourth-order valence-electron chi connectivity index (χ4n) is 3.34. The minimum atomic E-state index is -0.468. The monoisotopic (exact) mass is 465 g/mol. The van der Waals surface area contributed by atoms with E-state index < -0.39 is 11.8 Å². The zero-order valence-electron chi connectivity index (χ0n) is 17.7. The minimum absolute atomic E-state index is 0.0159. The Morgan fingerprint density at radius 1 is 0.875 bits per heavy atom. The molecule has 1 saturated heterocycles. The molecule has 2 heterocycles. The molecule has 6 nitrogen and oxygen atoms in total. The number of carbonyl (C=O) groups is 2. The first kappa shape index (κ1) is 21.8. The van der Waals surface area contributed by atoms with Crippen LogP contribution >= 0.6 is 23.8 Å². The molecule has 0 spiro atoms. The molecule has 1 fully saturated rings. The third-order valence-corrected chi connectivity index (χ3v) is 5.94. The van der Waals surface area contributed by atoms with Crippen molar-refractivity contribution in [3.8, 4) is 0 Å². The highest BCUT2D eigenvalue weighted by Crippen LogP contribution is 2.36. The van der Waals surface area contributed by atoms with Crippen LogP contribution in [0.2, 0.25) is 5.02 Å². The zero-order chi connectivity index (χ0) is 23.0. The van der Waals surface area contributed by atoms with E-state index in [1.165, 1.54) is 30.0 Å². The number of hydrogen-bond donors (Lipinski definition) is 0. The van der Waals surface area contributed by atoms with Crippen molar-refractivity contribution in [1.29, 1.82) is 0 Å². The molecule has 0 unspecified atom stereocenters. The van der Waals surface area contributed by atoms with Crippen LogP contribution in [0.25, 0.3) is 6.08 Å². The molecule has 162 valence electrons. The molecule has 4 rings (SSSR count). The van der Waals surface area contributed by atoms with Gasteiger partial charge in [-0.15, -0.1) is 0 Å². The van der Waals surface area contributed by atoms with Gasteiger partial charge in [-0.2, -0.15) is 0 Å². The van der Waals surface area contributed by atoms with Gasteiger partial charge in [-0.1, -0.05) is 29.3 Å². The molecule has 1 aromatic heterocycles. The van der Waals surface area contributed by atoms with Crippen molar-refractivity contribution < 1.29 is 14.0 Å². The number of rotatable bonds is 4. The molecule has 2 amide bonds. The first-order valence-electron chi connectivity index (χ1n) is 9.80. The van der Waals surface area contributed by atoms with E-state index in [1.807, 2.05) is 48.2 Å². The summed E-state index contributed by atoms with van der Waals surface area (Å²) in [5.74, 6) is -0.0401. The van der Waals surface area contributed by atoms with Crippen LogP contribution in [0.4, 0.5) is 17.3 Å². The number of nitrogens with zero attached hydrogens (tertiary/aromatic N) is 3. The predicted molar refractivity (Wildman–Crippen MR) is 129 cm³/mol. The van der Waals surface area contributed by atoms with Gasteiger partial charge in [0.2, 0.25) is 5.88 Å². The second-order valence-corrected chi connectivity index (χ2v) is 8.19. The Hall–Kier alpha value is -3.42. The number of likely N-dealkylation sites (N-methyl/N-ethyl adjacent to an activating group) is 2. The van der Waals surface area contributed by atoms with Gasteiger partial charge in [0.25, 0.3) is 11.8 Å². The van der Waals surface area contributed by atoms with E-state index in [9.17, 15) is 9.59 Å². The molecule has 0 bridgehead atoms. The van der Waals surface area contributed by atoms with Crippen LogP contribution in [0.15, 0.2) is 70.7 Å². The SMILES string of the molecule is Cc1ccc(N(c2ccc(Cl)cc2)c2ccc(C=C3C(=O)N(C)C(=S)N(C)C3=O)o2)cc1. The van der Waals surface area contributed by atoms with Crippen molar-refractivity contribution in [2.45, 2.75) is 6.92 Å². The van der Waals surface area contributed by atoms with E-state index in [2.05, 4.69) is 0 Å². The Labute approximate surface area is 196 Å². The Bertz CT molecular complexity index is 1160. The average Bonchev–Trinajstić information content (AvgIpc) is 3.25. The van der Waals surface area contributed by atoms with Crippen LogP contribution in [0, 0.1) is 6.92 Å². The van der Waals surface area contributed by atoms with E-state index in [4.69, 9.17) is 28.2 Å². The van der Waals surface area contributed by atoms with E-state index >= 15 is 0 Å². The predicted octanol–water partition coefficient (Wildman–Crippen LogP) is 5.31. The van der Waals surface area contributed by atoms with Crippen molar-refractivity contribution in [3.05, 3.63) is 82.6 Å². The lowest BCUT2D eigenvalue weighted by molar-refractivity contribution is -0.132.